The van der Waals surface area contributed by atoms with Gasteiger partial charge in [-0.2, -0.15) is 0 Å². The SMILES string of the molecule is COc1ccc(CCn2cnc3sc4c(c3c2=N)CCN(C)C4)cc1. The van der Waals surface area contributed by atoms with Crippen LogP contribution in [-0.2, 0) is 25.9 Å². The third-order valence-corrected chi connectivity index (χ3v) is 5.99. The van der Waals surface area contributed by atoms with E-state index in [4.69, 9.17) is 10.1 Å². The number of fused-ring (bicyclic) bond motifs is 3. The van der Waals surface area contributed by atoms with Crippen molar-refractivity contribution in [3.63, 3.8) is 0 Å². The van der Waals surface area contributed by atoms with E-state index in [0.29, 0.717) is 5.49 Å². The van der Waals surface area contributed by atoms with E-state index in [1.165, 1.54) is 16.0 Å². The van der Waals surface area contributed by atoms with Gasteiger partial charge in [-0.3, -0.25) is 5.41 Å². The highest BCUT2D eigenvalue weighted by molar-refractivity contribution is 7.18. The van der Waals surface area contributed by atoms with Crippen molar-refractivity contribution in [2.75, 3.05) is 20.7 Å². The summed E-state index contributed by atoms with van der Waals surface area (Å²) in [5.74, 6) is 0.871. The summed E-state index contributed by atoms with van der Waals surface area (Å²) in [7, 11) is 3.83. The van der Waals surface area contributed by atoms with E-state index >= 15 is 0 Å². The van der Waals surface area contributed by atoms with Crippen molar-refractivity contribution in [2.24, 2.45) is 0 Å². The smallest absolute Gasteiger partial charge is 0.136 e. The third-order valence-electron chi connectivity index (χ3n) is 4.87. The van der Waals surface area contributed by atoms with Gasteiger partial charge in [-0.1, -0.05) is 12.1 Å². The maximum Gasteiger partial charge on any atom is 0.136 e. The first-order chi connectivity index (χ1) is 12.2. The van der Waals surface area contributed by atoms with Gasteiger partial charge in [0.05, 0.1) is 18.8 Å². The Balaban J connectivity index is 1.61. The minimum atomic E-state index is 0.598. The molecule has 0 saturated heterocycles. The van der Waals surface area contributed by atoms with Crippen LogP contribution in [0, 0.1) is 5.41 Å². The molecule has 0 spiro atoms. The molecule has 0 atom stereocenters. The van der Waals surface area contributed by atoms with Crippen LogP contribution in [0.15, 0.2) is 30.6 Å². The van der Waals surface area contributed by atoms with Gasteiger partial charge in [0.25, 0.3) is 0 Å². The van der Waals surface area contributed by atoms with Crippen LogP contribution in [0.25, 0.3) is 10.2 Å². The number of aromatic nitrogens is 2. The molecule has 1 aromatic carbocycles. The Morgan fingerprint density at radius 1 is 1.28 bits per heavy atom. The van der Waals surface area contributed by atoms with Crippen molar-refractivity contribution in [1.82, 2.24) is 14.5 Å². The maximum atomic E-state index is 8.67. The summed E-state index contributed by atoms with van der Waals surface area (Å²) in [6.45, 7) is 2.79. The summed E-state index contributed by atoms with van der Waals surface area (Å²) in [5, 5.41) is 9.73. The van der Waals surface area contributed by atoms with E-state index in [9.17, 15) is 0 Å². The second-order valence-corrected chi connectivity index (χ2v) is 7.64. The van der Waals surface area contributed by atoms with Crippen molar-refractivity contribution in [3.8, 4) is 5.75 Å². The normalized spacial score (nSPS) is 14.6. The number of likely N-dealkylation sites (N-methyl/N-ethyl adjacent to an activating group) is 1. The second-order valence-electron chi connectivity index (χ2n) is 6.56. The molecule has 2 aromatic heterocycles. The van der Waals surface area contributed by atoms with Crippen molar-refractivity contribution in [1.29, 1.82) is 5.41 Å². The highest BCUT2D eigenvalue weighted by Gasteiger charge is 2.21. The number of hydrogen-bond acceptors (Lipinski definition) is 5. The van der Waals surface area contributed by atoms with Crippen molar-refractivity contribution in [2.45, 2.75) is 25.9 Å². The first-order valence-electron chi connectivity index (χ1n) is 8.51. The first kappa shape index (κ1) is 16.3. The van der Waals surface area contributed by atoms with Gasteiger partial charge in [0.1, 0.15) is 16.1 Å². The van der Waals surface area contributed by atoms with Gasteiger partial charge in [-0.15, -0.1) is 11.3 Å². The highest BCUT2D eigenvalue weighted by Crippen LogP contribution is 2.31. The number of nitrogens with one attached hydrogen (secondary N) is 1. The largest absolute Gasteiger partial charge is 0.497 e. The molecular formula is C19H22N4OS. The van der Waals surface area contributed by atoms with Crippen LogP contribution < -0.4 is 10.2 Å². The minimum Gasteiger partial charge on any atom is -0.497 e. The predicted octanol–water partition coefficient (Wildman–Crippen LogP) is 2.82. The highest BCUT2D eigenvalue weighted by atomic mass is 32.1. The fourth-order valence-electron chi connectivity index (χ4n) is 3.39. The summed E-state index contributed by atoms with van der Waals surface area (Å²) in [6, 6.07) is 8.12. The molecule has 0 fully saturated rings. The summed E-state index contributed by atoms with van der Waals surface area (Å²) < 4.78 is 7.17. The molecular weight excluding hydrogens is 332 g/mol. The van der Waals surface area contributed by atoms with E-state index in [2.05, 4.69) is 29.1 Å². The number of benzene rings is 1. The van der Waals surface area contributed by atoms with Crippen LogP contribution in [0.5, 0.6) is 5.75 Å². The van der Waals surface area contributed by atoms with Crippen LogP contribution in [0.2, 0.25) is 0 Å². The van der Waals surface area contributed by atoms with E-state index in [1.807, 2.05) is 23.0 Å². The van der Waals surface area contributed by atoms with E-state index in [1.54, 1.807) is 18.4 Å². The van der Waals surface area contributed by atoms with Crippen molar-refractivity contribution in [3.05, 3.63) is 52.1 Å². The van der Waals surface area contributed by atoms with Gasteiger partial charge in [0.15, 0.2) is 0 Å². The molecule has 0 bridgehead atoms. The van der Waals surface area contributed by atoms with Crippen LogP contribution in [0.1, 0.15) is 16.0 Å². The Labute approximate surface area is 151 Å². The number of hydrogen-bond donors (Lipinski definition) is 1. The number of rotatable bonds is 4. The molecule has 1 aliphatic heterocycles. The Morgan fingerprint density at radius 3 is 2.84 bits per heavy atom. The lowest BCUT2D eigenvalue weighted by Crippen LogP contribution is -2.27. The number of methoxy groups -OCH3 is 1. The molecule has 6 heteroatoms. The monoisotopic (exact) mass is 354 g/mol. The Bertz CT molecular complexity index is 958. The van der Waals surface area contributed by atoms with Crippen LogP contribution in [0.4, 0.5) is 0 Å². The molecule has 0 amide bonds. The number of aryl methyl sites for hydroxylation is 2. The molecule has 3 heterocycles. The average Bonchev–Trinajstić information content (AvgIpc) is 2.99. The fraction of sp³-hybridized carbons (Fsp3) is 0.368. The quantitative estimate of drug-likeness (QED) is 0.784. The van der Waals surface area contributed by atoms with Gasteiger partial charge >= 0.3 is 0 Å². The third kappa shape index (κ3) is 3.07. The zero-order valence-corrected chi connectivity index (χ0v) is 15.4. The first-order valence-corrected chi connectivity index (χ1v) is 9.33. The lowest BCUT2D eigenvalue weighted by atomic mass is 10.1. The average molecular weight is 354 g/mol. The summed E-state index contributed by atoms with van der Waals surface area (Å²) in [5.41, 5.74) is 3.18. The van der Waals surface area contributed by atoms with Gasteiger partial charge in [0.2, 0.25) is 0 Å². The molecule has 0 aliphatic carbocycles. The van der Waals surface area contributed by atoms with Crippen molar-refractivity contribution >= 4 is 21.6 Å². The molecule has 4 rings (SSSR count). The zero-order valence-electron chi connectivity index (χ0n) is 14.6. The van der Waals surface area contributed by atoms with Gasteiger partial charge in [-0.05, 0) is 43.1 Å². The fourth-order valence-corrected chi connectivity index (χ4v) is 4.65. The summed E-state index contributed by atoms with van der Waals surface area (Å²) in [4.78, 5) is 9.35. The van der Waals surface area contributed by atoms with Gasteiger partial charge < -0.3 is 14.2 Å². The molecule has 1 aliphatic rings. The maximum absolute atomic E-state index is 8.67. The number of ether oxygens (including phenoxy) is 1. The molecule has 0 unspecified atom stereocenters. The van der Waals surface area contributed by atoms with Crippen molar-refractivity contribution < 1.29 is 4.74 Å². The molecule has 5 nitrogen and oxygen atoms in total. The van der Waals surface area contributed by atoms with Gasteiger partial charge in [-0.25, -0.2) is 4.98 Å². The predicted molar refractivity (Wildman–Crippen MR) is 100 cm³/mol. The van der Waals surface area contributed by atoms with Crippen LogP contribution >= 0.6 is 11.3 Å². The minimum absolute atomic E-state index is 0.598. The Morgan fingerprint density at radius 2 is 2.08 bits per heavy atom. The molecule has 0 radical (unpaired) electrons. The second kappa shape index (κ2) is 6.61. The molecule has 25 heavy (non-hydrogen) atoms. The van der Waals surface area contributed by atoms with Crippen LogP contribution in [-0.4, -0.2) is 35.2 Å². The standard InChI is InChI=1S/C19H22N4OS/c1-22-9-8-15-16(11-22)25-19-17(15)18(20)23(12-21-19)10-7-13-3-5-14(24-2)6-4-13/h3-6,12,20H,7-11H2,1-2H3. The topological polar surface area (TPSA) is 54.1 Å². The lowest BCUT2D eigenvalue weighted by molar-refractivity contribution is 0.318. The van der Waals surface area contributed by atoms with Gasteiger partial charge in [0, 0.05) is 24.5 Å². The number of nitrogens with zero attached hydrogens (tertiary/aromatic N) is 3. The van der Waals surface area contributed by atoms with E-state index < -0.39 is 0 Å². The van der Waals surface area contributed by atoms with E-state index in [0.717, 1.165) is 48.4 Å². The molecule has 0 saturated carbocycles. The summed E-state index contributed by atoms with van der Waals surface area (Å²) in [6.07, 6.45) is 3.71. The molecule has 1 N–H and O–H groups in total. The van der Waals surface area contributed by atoms with Crippen LogP contribution in [0.3, 0.4) is 0 Å². The summed E-state index contributed by atoms with van der Waals surface area (Å²) >= 11 is 1.74. The zero-order chi connectivity index (χ0) is 17.4. The molecule has 3 aromatic rings. The van der Waals surface area contributed by atoms with E-state index in [-0.39, 0.29) is 0 Å². The number of thiophene rings is 1. The Hall–Kier alpha value is -2.18. The molecule has 130 valence electrons. The lowest BCUT2D eigenvalue weighted by Gasteiger charge is -2.22. The Kier molecular flexibility index (Phi) is 4.31.